The van der Waals surface area contributed by atoms with Gasteiger partial charge in [0.25, 0.3) is 17.7 Å². The number of nitrogens with one attached hydrogen (secondary N) is 1. The van der Waals surface area contributed by atoms with Gasteiger partial charge in [0.15, 0.2) is 6.61 Å². The molecule has 4 aromatic rings. The maximum atomic E-state index is 15.0. The van der Waals surface area contributed by atoms with Crippen LogP contribution in [0.1, 0.15) is 76.4 Å². The second-order valence-corrected chi connectivity index (χ2v) is 14.4. The van der Waals surface area contributed by atoms with Crippen molar-refractivity contribution < 1.29 is 37.8 Å². The molecular formula is C44H44F2N4O6. The van der Waals surface area contributed by atoms with Gasteiger partial charge < -0.3 is 14.7 Å². The molecule has 4 aromatic carbocycles. The first-order valence-electron chi connectivity index (χ1n) is 19.0. The molecule has 290 valence electrons. The Morgan fingerprint density at radius 1 is 0.821 bits per heavy atom. The molecule has 2 saturated heterocycles. The van der Waals surface area contributed by atoms with Gasteiger partial charge in [0.1, 0.15) is 17.5 Å². The molecule has 12 heteroatoms. The Labute approximate surface area is 324 Å². The molecule has 2 fully saturated rings. The number of ether oxygens (including phenoxy) is 1. The SMILES string of the molecule is CCC(=C(c1ccc(O)cc1)c1ccc(OCC(F)(F)CCCN2CCN(c3ccc4c(c3)C(=O)N(C3CCC(=O)NC3=O)C4=O)CC2)cc1)c1ccccc1. The number of benzene rings is 4. The second kappa shape index (κ2) is 16.5. The molecule has 0 aromatic heterocycles. The van der Waals surface area contributed by atoms with Crippen molar-refractivity contribution in [1.82, 2.24) is 15.1 Å². The summed E-state index contributed by atoms with van der Waals surface area (Å²) in [5, 5.41) is 12.1. The molecule has 1 unspecified atom stereocenters. The Kier molecular flexibility index (Phi) is 11.3. The number of hydrogen-bond acceptors (Lipinski definition) is 8. The van der Waals surface area contributed by atoms with Crippen molar-refractivity contribution in [2.75, 3.05) is 44.2 Å². The summed E-state index contributed by atoms with van der Waals surface area (Å²) in [5.41, 5.74) is 6.26. The number of rotatable bonds is 13. The summed E-state index contributed by atoms with van der Waals surface area (Å²) in [6.07, 6.45) is 0.880. The van der Waals surface area contributed by atoms with Gasteiger partial charge in [0.2, 0.25) is 11.8 Å². The average molecular weight is 763 g/mol. The van der Waals surface area contributed by atoms with E-state index in [4.69, 9.17) is 4.74 Å². The predicted molar refractivity (Wildman–Crippen MR) is 209 cm³/mol. The average Bonchev–Trinajstić information content (AvgIpc) is 3.45. The van der Waals surface area contributed by atoms with E-state index in [2.05, 4.69) is 34.2 Å². The fourth-order valence-electron chi connectivity index (χ4n) is 7.73. The number of imide groups is 2. The molecule has 0 spiro atoms. The third-order valence-corrected chi connectivity index (χ3v) is 10.7. The summed E-state index contributed by atoms with van der Waals surface area (Å²) in [7, 11) is 0. The minimum atomic E-state index is -3.02. The second-order valence-electron chi connectivity index (χ2n) is 14.4. The highest BCUT2D eigenvalue weighted by Crippen LogP contribution is 2.36. The molecule has 7 rings (SSSR count). The van der Waals surface area contributed by atoms with E-state index in [-0.39, 0.29) is 36.1 Å². The summed E-state index contributed by atoms with van der Waals surface area (Å²) in [4.78, 5) is 55.5. The van der Waals surface area contributed by atoms with Gasteiger partial charge in [-0.3, -0.25) is 34.3 Å². The highest BCUT2D eigenvalue weighted by molar-refractivity contribution is 6.23. The molecule has 4 amide bonds. The third-order valence-electron chi connectivity index (χ3n) is 10.7. The number of phenolic OH excluding ortho intramolecular Hbond substituents is 1. The van der Waals surface area contributed by atoms with Gasteiger partial charge in [0, 0.05) is 44.7 Å². The molecule has 0 radical (unpaired) electrons. The number of carbonyl (C=O) groups excluding carboxylic acids is 4. The minimum absolute atomic E-state index is 0.0542. The van der Waals surface area contributed by atoms with Crippen LogP contribution in [-0.2, 0) is 9.59 Å². The Morgan fingerprint density at radius 2 is 1.48 bits per heavy atom. The largest absolute Gasteiger partial charge is 0.508 e. The fourth-order valence-corrected chi connectivity index (χ4v) is 7.73. The number of nitrogens with zero attached hydrogens (tertiary/aromatic N) is 3. The van der Waals surface area contributed by atoms with Crippen LogP contribution in [0.15, 0.2) is 97.1 Å². The standard InChI is InChI=1S/C44H44F2N4O6/c1-2-35(29-7-4-3-5-8-29)40(30-9-14-33(51)15-10-30)31-11-16-34(17-12-31)56-28-44(45,46)21-6-22-48-23-25-49(26-24-48)32-13-18-36-37(27-32)43(55)50(42(36)54)38-19-20-39(52)47-41(38)53/h3-5,7-18,27,38,51H,2,6,19-26,28H2,1H3,(H,47,52,53). The molecular weight excluding hydrogens is 719 g/mol. The van der Waals surface area contributed by atoms with Crippen LogP contribution in [-0.4, -0.2) is 89.8 Å². The van der Waals surface area contributed by atoms with E-state index < -0.39 is 42.2 Å². The van der Waals surface area contributed by atoms with Crippen molar-refractivity contribution >= 4 is 40.5 Å². The van der Waals surface area contributed by atoms with Crippen molar-refractivity contribution in [3.63, 3.8) is 0 Å². The zero-order valence-corrected chi connectivity index (χ0v) is 31.2. The van der Waals surface area contributed by atoms with Crippen molar-refractivity contribution in [2.45, 2.75) is 51.0 Å². The Bertz CT molecular complexity index is 2130. The van der Waals surface area contributed by atoms with Crippen molar-refractivity contribution in [1.29, 1.82) is 0 Å². The molecule has 1 atom stereocenters. The third kappa shape index (κ3) is 8.35. The number of piperazine rings is 1. The minimum Gasteiger partial charge on any atom is -0.508 e. The number of amides is 4. The fraction of sp³-hybridized carbons (Fsp3) is 0.318. The lowest BCUT2D eigenvalue weighted by Crippen LogP contribution is -2.54. The zero-order chi connectivity index (χ0) is 39.4. The number of hydrogen-bond donors (Lipinski definition) is 2. The van der Waals surface area contributed by atoms with E-state index in [0.717, 1.165) is 44.8 Å². The normalized spacial score (nSPS) is 18.2. The summed E-state index contributed by atoms with van der Waals surface area (Å²) >= 11 is 0. The Hall–Kier alpha value is -5.88. The van der Waals surface area contributed by atoms with Crippen LogP contribution in [0.25, 0.3) is 11.1 Å². The number of piperidine rings is 1. The summed E-state index contributed by atoms with van der Waals surface area (Å²) in [6.45, 7) is 4.38. The van der Waals surface area contributed by atoms with Gasteiger partial charge in [0.05, 0.1) is 11.1 Å². The number of halogens is 2. The van der Waals surface area contributed by atoms with Gasteiger partial charge >= 0.3 is 0 Å². The maximum Gasteiger partial charge on any atom is 0.281 e. The van der Waals surface area contributed by atoms with Crippen LogP contribution < -0.4 is 15.0 Å². The molecule has 3 aliphatic rings. The van der Waals surface area contributed by atoms with Crippen LogP contribution >= 0.6 is 0 Å². The van der Waals surface area contributed by atoms with Crippen LogP contribution in [0.5, 0.6) is 11.5 Å². The number of alkyl halides is 2. The van der Waals surface area contributed by atoms with Crippen molar-refractivity contribution in [3.8, 4) is 11.5 Å². The van der Waals surface area contributed by atoms with Gasteiger partial charge in [-0.25, -0.2) is 8.78 Å². The van der Waals surface area contributed by atoms with Crippen LogP contribution in [0.2, 0.25) is 0 Å². The number of carbonyl (C=O) groups is 4. The monoisotopic (exact) mass is 762 g/mol. The lowest BCUT2D eigenvalue weighted by molar-refractivity contribution is -0.136. The number of allylic oxidation sites excluding steroid dienone is 1. The molecule has 0 bridgehead atoms. The van der Waals surface area contributed by atoms with Gasteiger partial charge in [-0.15, -0.1) is 0 Å². The van der Waals surface area contributed by atoms with Crippen LogP contribution in [0, 0.1) is 0 Å². The zero-order valence-electron chi connectivity index (χ0n) is 31.2. The summed E-state index contributed by atoms with van der Waals surface area (Å²) < 4.78 is 35.7. The quantitative estimate of drug-likeness (QED) is 0.113. The Morgan fingerprint density at radius 3 is 2.14 bits per heavy atom. The highest BCUT2D eigenvalue weighted by Gasteiger charge is 2.45. The van der Waals surface area contributed by atoms with Crippen LogP contribution in [0.3, 0.4) is 0 Å². The van der Waals surface area contributed by atoms with E-state index in [9.17, 15) is 24.3 Å². The van der Waals surface area contributed by atoms with Crippen molar-refractivity contribution in [3.05, 3.63) is 125 Å². The predicted octanol–water partition coefficient (Wildman–Crippen LogP) is 6.78. The number of aromatic hydroxyl groups is 1. The molecule has 10 nitrogen and oxygen atoms in total. The van der Waals surface area contributed by atoms with Gasteiger partial charge in [-0.1, -0.05) is 61.5 Å². The maximum absolute atomic E-state index is 15.0. The van der Waals surface area contributed by atoms with E-state index in [1.807, 2.05) is 42.5 Å². The number of fused-ring (bicyclic) bond motifs is 1. The smallest absolute Gasteiger partial charge is 0.281 e. The van der Waals surface area contributed by atoms with E-state index in [1.165, 1.54) is 0 Å². The first-order chi connectivity index (χ1) is 27.0. The number of phenols is 1. The topological polar surface area (TPSA) is 119 Å². The first kappa shape index (κ1) is 38.4. The highest BCUT2D eigenvalue weighted by atomic mass is 19.3. The first-order valence-corrected chi connectivity index (χ1v) is 19.0. The summed E-state index contributed by atoms with van der Waals surface area (Å²) in [6, 6.07) is 28.3. The molecule has 56 heavy (non-hydrogen) atoms. The molecule has 0 saturated carbocycles. The van der Waals surface area contributed by atoms with E-state index in [1.54, 1.807) is 42.5 Å². The number of anilines is 1. The van der Waals surface area contributed by atoms with Crippen LogP contribution in [0.4, 0.5) is 14.5 Å². The molecule has 2 N–H and O–H groups in total. The lowest BCUT2D eigenvalue weighted by Gasteiger charge is -2.36. The lowest BCUT2D eigenvalue weighted by atomic mass is 9.88. The van der Waals surface area contributed by atoms with Crippen molar-refractivity contribution in [2.24, 2.45) is 0 Å². The van der Waals surface area contributed by atoms with E-state index >= 15 is 8.78 Å². The molecule has 3 aliphatic heterocycles. The summed E-state index contributed by atoms with van der Waals surface area (Å²) in [5.74, 6) is -4.66. The molecule has 3 heterocycles. The Balaban J connectivity index is 0.900. The van der Waals surface area contributed by atoms with E-state index in [0.29, 0.717) is 44.9 Å². The molecule has 0 aliphatic carbocycles. The van der Waals surface area contributed by atoms with Gasteiger partial charge in [-0.05, 0) is 96.1 Å². The van der Waals surface area contributed by atoms with Gasteiger partial charge in [-0.2, -0.15) is 0 Å².